The van der Waals surface area contributed by atoms with Gasteiger partial charge in [-0.05, 0) is 92.9 Å². The number of hydrogen-bond donors (Lipinski definition) is 0. The molecule has 0 N–H and O–H groups in total. The van der Waals surface area contributed by atoms with E-state index in [0.29, 0.717) is 11.8 Å². The molecule has 166 valence electrons. The number of allylic oxidation sites excluding steroid dienone is 4. The van der Waals surface area contributed by atoms with Crippen molar-refractivity contribution < 1.29 is 9.53 Å². The summed E-state index contributed by atoms with van der Waals surface area (Å²) in [6, 6.07) is 6.04. The number of carbonyl (C=O) groups excluding carboxylic acids is 1. The van der Waals surface area contributed by atoms with Gasteiger partial charge < -0.3 is 4.74 Å². The molecule has 0 saturated heterocycles. The van der Waals surface area contributed by atoms with Crippen molar-refractivity contribution >= 4 is 17.7 Å². The van der Waals surface area contributed by atoms with Crippen molar-refractivity contribution in [2.45, 2.75) is 53.4 Å². The summed E-state index contributed by atoms with van der Waals surface area (Å²) in [5.74, 6) is 2.09. The maximum Gasteiger partial charge on any atom is 0.164 e. The van der Waals surface area contributed by atoms with Gasteiger partial charge in [0.25, 0.3) is 0 Å². The highest BCUT2D eigenvalue weighted by Gasteiger charge is 2.37. The van der Waals surface area contributed by atoms with Crippen LogP contribution in [0.15, 0.2) is 70.9 Å². The predicted molar refractivity (Wildman–Crippen MR) is 130 cm³/mol. The van der Waals surface area contributed by atoms with Crippen LogP contribution in [0.3, 0.4) is 0 Å². The van der Waals surface area contributed by atoms with E-state index in [2.05, 4.69) is 45.2 Å². The van der Waals surface area contributed by atoms with Gasteiger partial charge in [0.2, 0.25) is 0 Å². The molecule has 4 rings (SSSR count). The number of nitrogens with zero attached hydrogens (tertiary/aromatic N) is 2. The molecule has 2 aliphatic heterocycles. The number of ketones is 1. The van der Waals surface area contributed by atoms with E-state index in [-0.39, 0.29) is 11.7 Å². The summed E-state index contributed by atoms with van der Waals surface area (Å²) in [4.78, 5) is 13.9. The first kappa shape index (κ1) is 22.1. The molecule has 4 heteroatoms. The van der Waals surface area contributed by atoms with Crippen LogP contribution in [-0.2, 0) is 4.79 Å². The number of carbonyl (C=O) groups is 1. The molecule has 0 radical (unpaired) electrons. The van der Waals surface area contributed by atoms with E-state index >= 15 is 0 Å². The Morgan fingerprint density at radius 1 is 1.28 bits per heavy atom. The number of ether oxygens (including phenoxy) is 1. The lowest BCUT2D eigenvalue weighted by Crippen LogP contribution is -2.25. The van der Waals surface area contributed by atoms with Crippen LogP contribution in [-0.4, -0.2) is 17.0 Å². The van der Waals surface area contributed by atoms with E-state index in [1.165, 1.54) is 24.7 Å². The number of aryl methyl sites for hydroxylation is 1. The van der Waals surface area contributed by atoms with Gasteiger partial charge in [0.15, 0.2) is 5.78 Å². The van der Waals surface area contributed by atoms with Crippen molar-refractivity contribution in [1.82, 2.24) is 5.01 Å². The second-order valence-electron chi connectivity index (χ2n) is 9.20. The van der Waals surface area contributed by atoms with Gasteiger partial charge in [0.1, 0.15) is 12.0 Å². The van der Waals surface area contributed by atoms with Gasteiger partial charge in [-0.1, -0.05) is 26.2 Å². The minimum absolute atomic E-state index is 0.0000930. The van der Waals surface area contributed by atoms with Gasteiger partial charge >= 0.3 is 0 Å². The first-order valence-corrected chi connectivity index (χ1v) is 11.5. The molecule has 2 unspecified atom stereocenters. The van der Waals surface area contributed by atoms with Crippen molar-refractivity contribution in [3.8, 4) is 5.75 Å². The SMILES string of the molecule is C=C=COc1ccc(C2=C(C(=O)C(C)C(C)C3CC3)CCC(C)=C3C=CC=NN32)cc1C. The van der Waals surface area contributed by atoms with Crippen molar-refractivity contribution in [3.63, 3.8) is 0 Å². The Labute approximate surface area is 191 Å². The number of fused-ring (bicyclic) bond motifs is 1. The lowest BCUT2D eigenvalue weighted by molar-refractivity contribution is -0.120. The molecule has 2 heterocycles. The minimum Gasteiger partial charge on any atom is -0.457 e. The van der Waals surface area contributed by atoms with Crippen LogP contribution in [0.5, 0.6) is 5.75 Å². The van der Waals surface area contributed by atoms with E-state index in [4.69, 9.17) is 9.84 Å². The highest BCUT2D eigenvalue weighted by Crippen LogP contribution is 2.43. The van der Waals surface area contributed by atoms with E-state index in [9.17, 15) is 4.79 Å². The molecule has 1 fully saturated rings. The highest BCUT2D eigenvalue weighted by molar-refractivity contribution is 6.04. The van der Waals surface area contributed by atoms with Crippen LogP contribution in [0.25, 0.3) is 5.70 Å². The van der Waals surface area contributed by atoms with Crippen molar-refractivity contribution in [2.24, 2.45) is 22.9 Å². The Hall–Kier alpha value is -3.10. The van der Waals surface area contributed by atoms with E-state index in [1.54, 1.807) is 6.21 Å². The van der Waals surface area contributed by atoms with Crippen LogP contribution in [0.1, 0.15) is 57.6 Å². The molecule has 3 aliphatic rings. The third-order valence-corrected chi connectivity index (χ3v) is 7.02. The molecular weight excluding hydrogens is 396 g/mol. The number of hydrogen-bond acceptors (Lipinski definition) is 4. The molecule has 2 atom stereocenters. The van der Waals surface area contributed by atoms with Crippen LogP contribution < -0.4 is 4.74 Å². The first-order valence-electron chi connectivity index (χ1n) is 11.5. The summed E-state index contributed by atoms with van der Waals surface area (Å²) < 4.78 is 5.61. The van der Waals surface area contributed by atoms with E-state index < -0.39 is 0 Å². The second-order valence-corrected chi connectivity index (χ2v) is 9.20. The molecule has 32 heavy (non-hydrogen) atoms. The zero-order chi connectivity index (χ0) is 22.8. The first-order chi connectivity index (χ1) is 15.4. The number of benzene rings is 1. The van der Waals surface area contributed by atoms with E-state index in [1.807, 2.05) is 30.1 Å². The van der Waals surface area contributed by atoms with Crippen LogP contribution in [0.4, 0.5) is 0 Å². The Kier molecular flexibility index (Phi) is 6.34. The van der Waals surface area contributed by atoms with Crippen LogP contribution in [0.2, 0.25) is 0 Å². The third kappa shape index (κ3) is 4.28. The fourth-order valence-electron chi connectivity index (χ4n) is 4.67. The summed E-state index contributed by atoms with van der Waals surface area (Å²) in [5.41, 5.74) is 8.68. The monoisotopic (exact) mass is 428 g/mol. The lowest BCUT2D eigenvalue weighted by atomic mass is 9.82. The normalized spacial score (nSPS) is 19.8. The van der Waals surface area contributed by atoms with Crippen molar-refractivity contribution in [3.05, 3.63) is 76.9 Å². The zero-order valence-corrected chi connectivity index (χ0v) is 19.5. The summed E-state index contributed by atoms with van der Waals surface area (Å²) in [5, 5.41) is 6.66. The maximum absolute atomic E-state index is 13.9. The highest BCUT2D eigenvalue weighted by atomic mass is 16.5. The van der Waals surface area contributed by atoms with Crippen LogP contribution >= 0.6 is 0 Å². The van der Waals surface area contributed by atoms with Gasteiger partial charge in [-0.15, -0.1) is 0 Å². The molecule has 1 saturated carbocycles. The fourth-order valence-corrected chi connectivity index (χ4v) is 4.67. The molecule has 0 spiro atoms. The standard InChI is InChI=1S/C28H32N2O2/c1-6-16-32-26-14-12-23(17-19(26)3)27-24(28(31)21(5)20(4)22-10-11-22)13-9-18(2)25-8-7-15-29-30(25)27/h7-8,12,14-17,20-22H,1,9-11,13H2,2-5H3. The average Bonchev–Trinajstić information content (AvgIpc) is 3.65. The summed E-state index contributed by atoms with van der Waals surface area (Å²) in [6.07, 6.45) is 11.4. The topological polar surface area (TPSA) is 41.9 Å². The molecule has 0 aromatic heterocycles. The van der Waals surface area contributed by atoms with Crippen LogP contribution in [0, 0.1) is 24.7 Å². The van der Waals surface area contributed by atoms with E-state index in [0.717, 1.165) is 46.7 Å². The average molecular weight is 429 g/mol. The second kappa shape index (κ2) is 9.18. The van der Waals surface area contributed by atoms with Gasteiger partial charge in [-0.2, -0.15) is 5.10 Å². The number of hydrazone groups is 1. The molecule has 0 amide bonds. The maximum atomic E-state index is 13.9. The molecule has 1 aromatic carbocycles. The summed E-state index contributed by atoms with van der Waals surface area (Å²) in [7, 11) is 0. The molecule has 4 nitrogen and oxygen atoms in total. The van der Waals surface area contributed by atoms with Gasteiger partial charge in [-0.25, -0.2) is 5.01 Å². The van der Waals surface area contributed by atoms with Crippen molar-refractivity contribution in [1.29, 1.82) is 0 Å². The molecular formula is C28H32N2O2. The number of rotatable bonds is 7. The Balaban J connectivity index is 1.83. The minimum atomic E-state index is 0.0000930. The van der Waals surface area contributed by atoms with Gasteiger partial charge in [0, 0.05) is 23.3 Å². The smallest absolute Gasteiger partial charge is 0.164 e. The summed E-state index contributed by atoms with van der Waals surface area (Å²) >= 11 is 0. The molecule has 0 bridgehead atoms. The Morgan fingerprint density at radius 3 is 2.75 bits per heavy atom. The quantitative estimate of drug-likeness (QED) is 0.365. The number of Topliss-reactive ketones (excluding diaryl/α,β-unsaturated/α-hetero) is 1. The van der Waals surface area contributed by atoms with Gasteiger partial charge in [-0.3, -0.25) is 4.79 Å². The Morgan fingerprint density at radius 2 is 2.06 bits per heavy atom. The fraction of sp³-hybridized carbons (Fsp3) is 0.393. The predicted octanol–water partition coefficient (Wildman–Crippen LogP) is 6.56. The summed E-state index contributed by atoms with van der Waals surface area (Å²) in [6.45, 7) is 12.0. The Bertz CT molecular complexity index is 1090. The molecule has 1 aromatic rings. The lowest BCUT2D eigenvalue weighted by Gasteiger charge is -2.28. The zero-order valence-electron chi connectivity index (χ0n) is 19.5. The third-order valence-electron chi connectivity index (χ3n) is 7.02. The molecule has 1 aliphatic carbocycles. The largest absolute Gasteiger partial charge is 0.457 e. The van der Waals surface area contributed by atoms with Crippen molar-refractivity contribution in [2.75, 3.05) is 0 Å². The van der Waals surface area contributed by atoms with Gasteiger partial charge in [0.05, 0.1) is 11.4 Å².